The zero-order valence-electron chi connectivity index (χ0n) is 14.6. The molecule has 1 aliphatic heterocycles. The average molecular weight is 337 g/mol. The van der Waals surface area contributed by atoms with E-state index in [4.69, 9.17) is 0 Å². The Hall–Kier alpha value is -2.69. The molecule has 1 aliphatic rings. The summed E-state index contributed by atoms with van der Waals surface area (Å²) in [7, 11) is 0. The molecule has 5 nitrogen and oxygen atoms in total. The third-order valence-corrected chi connectivity index (χ3v) is 4.56. The molecule has 0 spiro atoms. The minimum absolute atomic E-state index is 0.00109. The van der Waals surface area contributed by atoms with Crippen molar-refractivity contribution in [2.45, 2.75) is 32.7 Å². The molecule has 0 saturated carbocycles. The minimum Gasteiger partial charge on any atom is -0.352 e. The van der Waals surface area contributed by atoms with Gasteiger partial charge in [-0.3, -0.25) is 14.6 Å². The fraction of sp³-hybridized carbons (Fsp3) is 0.350. The van der Waals surface area contributed by atoms with E-state index < -0.39 is 0 Å². The van der Waals surface area contributed by atoms with Crippen LogP contribution in [0.2, 0.25) is 0 Å². The maximum Gasteiger partial charge on any atom is 0.227 e. The average Bonchev–Trinajstić information content (AvgIpc) is 3.02. The molecule has 130 valence electrons. The van der Waals surface area contributed by atoms with Crippen molar-refractivity contribution in [3.05, 3.63) is 59.9 Å². The Morgan fingerprint density at radius 1 is 1.28 bits per heavy atom. The topological polar surface area (TPSA) is 62.3 Å². The Balaban J connectivity index is 1.60. The highest BCUT2D eigenvalue weighted by atomic mass is 16.2. The van der Waals surface area contributed by atoms with Crippen LogP contribution in [0.4, 0.5) is 5.69 Å². The van der Waals surface area contributed by atoms with E-state index in [1.165, 1.54) is 5.56 Å². The molecule has 1 aromatic heterocycles. The molecular weight excluding hydrogens is 314 g/mol. The summed E-state index contributed by atoms with van der Waals surface area (Å²) in [6.07, 6.45) is 3.68. The lowest BCUT2D eigenvalue weighted by atomic mass is 10.0. The lowest BCUT2D eigenvalue weighted by Crippen LogP contribution is -2.32. The summed E-state index contributed by atoms with van der Waals surface area (Å²) in [6.45, 7) is 5.14. The number of benzene rings is 1. The molecule has 1 fully saturated rings. The van der Waals surface area contributed by atoms with Crippen LogP contribution in [0.25, 0.3) is 0 Å². The molecule has 0 radical (unpaired) electrons. The summed E-state index contributed by atoms with van der Waals surface area (Å²) < 4.78 is 0. The Kier molecular flexibility index (Phi) is 5.12. The van der Waals surface area contributed by atoms with E-state index in [2.05, 4.69) is 24.1 Å². The summed E-state index contributed by atoms with van der Waals surface area (Å²) in [4.78, 5) is 30.4. The van der Waals surface area contributed by atoms with Crippen molar-refractivity contribution in [1.82, 2.24) is 10.3 Å². The number of aromatic nitrogens is 1. The number of amides is 2. The van der Waals surface area contributed by atoms with Crippen molar-refractivity contribution in [3.8, 4) is 0 Å². The SMILES string of the molecule is CC(C)c1ccc(N2C[C@H](C(=O)NCc3cccnc3)CC2=O)cc1. The van der Waals surface area contributed by atoms with Crippen LogP contribution in [0.5, 0.6) is 0 Å². The normalized spacial score (nSPS) is 17.2. The van der Waals surface area contributed by atoms with Gasteiger partial charge in [-0.25, -0.2) is 0 Å². The number of nitrogens with zero attached hydrogens (tertiary/aromatic N) is 2. The van der Waals surface area contributed by atoms with Gasteiger partial charge in [0.1, 0.15) is 0 Å². The molecule has 0 unspecified atom stereocenters. The number of nitrogens with one attached hydrogen (secondary N) is 1. The first-order valence-corrected chi connectivity index (χ1v) is 8.61. The van der Waals surface area contributed by atoms with Gasteiger partial charge >= 0.3 is 0 Å². The summed E-state index contributed by atoms with van der Waals surface area (Å²) >= 11 is 0. The van der Waals surface area contributed by atoms with Gasteiger partial charge < -0.3 is 10.2 Å². The molecule has 0 aliphatic carbocycles. The summed E-state index contributed by atoms with van der Waals surface area (Å²) in [5, 5.41) is 2.90. The second-order valence-corrected chi connectivity index (χ2v) is 6.73. The van der Waals surface area contributed by atoms with Crippen LogP contribution in [0.3, 0.4) is 0 Å². The van der Waals surface area contributed by atoms with Crippen LogP contribution < -0.4 is 10.2 Å². The molecule has 2 amide bonds. The predicted molar refractivity (Wildman–Crippen MR) is 97.1 cm³/mol. The summed E-state index contributed by atoms with van der Waals surface area (Å²) in [5.41, 5.74) is 3.04. The van der Waals surface area contributed by atoms with Crippen LogP contribution in [0.15, 0.2) is 48.8 Å². The molecule has 3 rings (SSSR count). The molecule has 0 bridgehead atoms. The van der Waals surface area contributed by atoms with E-state index in [-0.39, 0.29) is 24.2 Å². The van der Waals surface area contributed by atoms with Gasteiger partial charge in [0.2, 0.25) is 11.8 Å². The molecule has 2 heterocycles. The number of anilines is 1. The Morgan fingerprint density at radius 2 is 2.04 bits per heavy atom. The van der Waals surface area contributed by atoms with Crippen molar-refractivity contribution in [1.29, 1.82) is 0 Å². The van der Waals surface area contributed by atoms with Gasteiger partial charge in [0.05, 0.1) is 5.92 Å². The van der Waals surface area contributed by atoms with Crippen LogP contribution >= 0.6 is 0 Å². The van der Waals surface area contributed by atoms with Crippen LogP contribution in [0.1, 0.15) is 37.3 Å². The quantitative estimate of drug-likeness (QED) is 0.912. The number of carbonyl (C=O) groups excluding carboxylic acids is 2. The third kappa shape index (κ3) is 4.05. The van der Waals surface area contributed by atoms with Gasteiger partial charge in [-0.15, -0.1) is 0 Å². The first kappa shape index (κ1) is 17.1. The van der Waals surface area contributed by atoms with Crippen molar-refractivity contribution in [3.63, 3.8) is 0 Å². The standard InChI is InChI=1S/C20H23N3O2/c1-14(2)16-5-7-18(8-6-16)23-13-17(10-19(23)24)20(25)22-12-15-4-3-9-21-11-15/h3-9,11,14,17H,10,12-13H2,1-2H3,(H,22,25)/t17-/m1/s1. The van der Waals surface area contributed by atoms with Crippen LogP contribution in [-0.2, 0) is 16.1 Å². The number of hydrogen-bond donors (Lipinski definition) is 1. The van der Waals surface area contributed by atoms with Crippen LogP contribution in [-0.4, -0.2) is 23.3 Å². The van der Waals surface area contributed by atoms with Crippen molar-refractivity contribution < 1.29 is 9.59 Å². The fourth-order valence-corrected chi connectivity index (χ4v) is 3.01. The number of pyridine rings is 1. The zero-order chi connectivity index (χ0) is 17.8. The summed E-state index contributed by atoms with van der Waals surface area (Å²) in [6, 6.07) is 11.8. The molecule has 1 aromatic carbocycles. The smallest absolute Gasteiger partial charge is 0.227 e. The number of hydrogen-bond acceptors (Lipinski definition) is 3. The van der Waals surface area contributed by atoms with Crippen molar-refractivity contribution in [2.24, 2.45) is 5.92 Å². The molecule has 1 saturated heterocycles. The molecule has 2 aromatic rings. The highest BCUT2D eigenvalue weighted by Crippen LogP contribution is 2.27. The molecular formula is C20H23N3O2. The Bertz CT molecular complexity index is 741. The summed E-state index contributed by atoms with van der Waals surface area (Å²) in [5.74, 6) is 0.0561. The molecule has 1 atom stereocenters. The van der Waals surface area contributed by atoms with Gasteiger partial charge in [0.15, 0.2) is 0 Å². The van der Waals surface area contributed by atoms with E-state index in [0.717, 1.165) is 11.3 Å². The lowest BCUT2D eigenvalue weighted by molar-refractivity contribution is -0.126. The third-order valence-electron chi connectivity index (χ3n) is 4.56. The van der Waals surface area contributed by atoms with E-state index in [9.17, 15) is 9.59 Å². The predicted octanol–water partition coefficient (Wildman–Crippen LogP) is 2.87. The Morgan fingerprint density at radius 3 is 2.68 bits per heavy atom. The maximum atomic E-state index is 12.4. The van der Waals surface area contributed by atoms with Crippen molar-refractivity contribution in [2.75, 3.05) is 11.4 Å². The molecule has 5 heteroatoms. The van der Waals surface area contributed by atoms with Gasteiger partial charge in [-0.2, -0.15) is 0 Å². The van der Waals surface area contributed by atoms with Gasteiger partial charge in [0.25, 0.3) is 0 Å². The largest absolute Gasteiger partial charge is 0.352 e. The highest BCUT2D eigenvalue weighted by Gasteiger charge is 2.34. The van der Waals surface area contributed by atoms with Crippen LogP contribution in [0, 0.1) is 5.92 Å². The Labute approximate surface area is 148 Å². The van der Waals surface area contributed by atoms with Gasteiger partial charge in [0, 0.05) is 37.6 Å². The van der Waals surface area contributed by atoms with Gasteiger partial charge in [-0.1, -0.05) is 32.0 Å². The van der Waals surface area contributed by atoms with E-state index >= 15 is 0 Å². The van der Waals surface area contributed by atoms with Crippen molar-refractivity contribution >= 4 is 17.5 Å². The fourth-order valence-electron chi connectivity index (χ4n) is 3.01. The van der Waals surface area contributed by atoms with E-state index in [1.807, 2.05) is 36.4 Å². The second kappa shape index (κ2) is 7.47. The maximum absolute atomic E-state index is 12.4. The first-order chi connectivity index (χ1) is 12.0. The van der Waals surface area contributed by atoms with E-state index in [0.29, 0.717) is 19.0 Å². The monoisotopic (exact) mass is 337 g/mol. The lowest BCUT2D eigenvalue weighted by Gasteiger charge is -2.17. The highest BCUT2D eigenvalue weighted by molar-refractivity contribution is 6.00. The minimum atomic E-state index is -0.311. The number of rotatable bonds is 5. The molecule has 25 heavy (non-hydrogen) atoms. The second-order valence-electron chi connectivity index (χ2n) is 6.73. The number of carbonyl (C=O) groups is 2. The molecule has 1 N–H and O–H groups in total. The zero-order valence-corrected chi connectivity index (χ0v) is 14.6. The first-order valence-electron chi connectivity index (χ1n) is 8.61. The van der Waals surface area contributed by atoms with E-state index in [1.54, 1.807) is 17.3 Å². The van der Waals surface area contributed by atoms with Gasteiger partial charge in [-0.05, 0) is 35.2 Å².